The summed E-state index contributed by atoms with van der Waals surface area (Å²) >= 11 is 0.860. The summed E-state index contributed by atoms with van der Waals surface area (Å²) in [5.74, 6) is 1.05. The van der Waals surface area contributed by atoms with Gasteiger partial charge in [-0.15, -0.1) is 17.8 Å². The van der Waals surface area contributed by atoms with Crippen LogP contribution in [0.2, 0.25) is 0 Å². The van der Waals surface area contributed by atoms with Crippen LogP contribution >= 0.6 is 11.3 Å². The average Bonchev–Trinajstić information content (AvgIpc) is 2.67. The van der Waals surface area contributed by atoms with E-state index >= 15 is 0 Å². The molecule has 1 rings (SSSR count). The average molecular weight is 259 g/mol. The first-order valence-electron chi connectivity index (χ1n) is 4.11. The van der Waals surface area contributed by atoms with Gasteiger partial charge in [0.2, 0.25) is 0 Å². The summed E-state index contributed by atoms with van der Waals surface area (Å²) in [6.07, 6.45) is 5.01. The second-order valence-corrected chi connectivity index (χ2v) is 6.11. The molecule has 0 bridgehead atoms. The second kappa shape index (κ2) is 4.65. The molecule has 0 radical (unpaired) electrons. The molecule has 1 N–H and O–H groups in total. The molecule has 0 saturated heterocycles. The number of terminal acetylenes is 1. The summed E-state index contributed by atoms with van der Waals surface area (Å²) in [4.78, 5) is 10.6. The van der Waals surface area contributed by atoms with Crippen molar-refractivity contribution in [1.82, 2.24) is 4.31 Å². The minimum atomic E-state index is -3.67. The number of rotatable bonds is 4. The van der Waals surface area contributed by atoms with E-state index in [0.29, 0.717) is 0 Å². The highest BCUT2D eigenvalue weighted by Gasteiger charge is 2.23. The zero-order chi connectivity index (χ0) is 12.3. The van der Waals surface area contributed by atoms with E-state index in [2.05, 4.69) is 5.92 Å². The number of hydrogen-bond acceptors (Lipinski definition) is 4. The summed E-state index contributed by atoms with van der Waals surface area (Å²) in [5.41, 5.74) is -0.0438. The smallest absolute Gasteiger partial charge is 0.336 e. The lowest BCUT2D eigenvalue weighted by Gasteiger charge is -2.11. The van der Waals surface area contributed by atoms with Crippen molar-refractivity contribution in [3.8, 4) is 12.3 Å². The molecule has 0 aromatic carbocycles. The molecular formula is C9H9NO4S2. The third-order valence-electron chi connectivity index (χ3n) is 1.80. The van der Waals surface area contributed by atoms with E-state index in [0.717, 1.165) is 21.7 Å². The van der Waals surface area contributed by atoms with Gasteiger partial charge in [0.25, 0.3) is 10.0 Å². The number of nitrogens with zero attached hydrogens (tertiary/aromatic N) is 1. The Morgan fingerprint density at radius 1 is 1.69 bits per heavy atom. The van der Waals surface area contributed by atoms with Gasteiger partial charge in [0.1, 0.15) is 4.21 Å². The van der Waals surface area contributed by atoms with Crippen molar-refractivity contribution < 1.29 is 18.3 Å². The minimum Gasteiger partial charge on any atom is -0.478 e. The summed E-state index contributed by atoms with van der Waals surface area (Å²) in [5, 5.41) is 9.95. The first-order valence-corrected chi connectivity index (χ1v) is 6.43. The summed E-state index contributed by atoms with van der Waals surface area (Å²) in [7, 11) is -2.33. The molecular weight excluding hydrogens is 250 g/mol. The van der Waals surface area contributed by atoms with Gasteiger partial charge in [-0.1, -0.05) is 5.92 Å². The van der Waals surface area contributed by atoms with Crippen LogP contribution in [0.3, 0.4) is 0 Å². The Hall–Kier alpha value is -1.36. The van der Waals surface area contributed by atoms with E-state index in [-0.39, 0.29) is 16.3 Å². The molecule has 5 nitrogen and oxygen atoms in total. The fourth-order valence-corrected chi connectivity index (χ4v) is 3.38. The molecule has 0 aliphatic heterocycles. The lowest BCUT2D eigenvalue weighted by atomic mass is 10.4. The molecule has 0 atom stereocenters. The first-order chi connectivity index (χ1) is 7.39. The van der Waals surface area contributed by atoms with E-state index in [1.807, 2.05) is 0 Å². The number of sulfonamides is 1. The van der Waals surface area contributed by atoms with Crippen molar-refractivity contribution in [1.29, 1.82) is 0 Å². The molecule has 1 aromatic rings. The maximum Gasteiger partial charge on any atom is 0.336 e. The van der Waals surface area contributed by atoms with Crippen LogP contribution in [0.1, 0.15) is 10.4 Å². The van der Waals surface area contributed by atoms with E-state index in [1.165, 1.54) is 12.4 Å². The zero-order valence-corrected chi connectivity index (χ0v) is 10.0. The number of hydrogen-bond donors (Lipinski definition) is 1. The van der Waals surface area contributed by atoms with Crippen molar-refractivity contribution >= 4 is 27.3 Å². The SMILES string of the molecule is C#CCN(C)S(=O)(=O)c1cc(C(=O)O)cs1. The van der Waals surface area contributed by atoms with Crippen LogP contribution in [-0.4, -0.2) is 37.4 Å². The predicted octanol–water partition coefficient (Wildman–Crippen LogP) is 0.700. The van der Waals surface area contributed by atoms with Crippen LogP contribution in [0.4, 0.5) is 0 Å². The number of thiophene rings is 1. The van der Waals surface area contributed by atoms with E-state index in [4.69, 9.17) is 11.5 Å². The minimum absolute atomic E-state index is 0.0253. The molecule has 1 aromatic heterocycles. The van der Waals surface area contributed by atoms with Crippen LogP contribution in [0, 0.1) is 12.3 Å². The maximum absolute atomic E-state index is 11.8. The van der Waals surface area contributed by atoms with Crippen molar-refractivity contribution in [3.05, 3.63) is 17.0 Å². The van der Waals surface area contributed by atoms with Gasteiger partial charge in [-0.05, 0) is 6.07 Å². The zero-order valence-electron chi connectivity index (χ0n) is 8.37. The quantitative estimate of drug-likeness (QED) is 0.808. The first kappa shape index (κ1) is 12.7. The maximum atomic E-state index is 11.8. The van der Waals surface area contributed by atoms with Crippen LogP contribution in [-0.2, 0) is 10.0 Å². The molecule has 7 heteroatoms. The van der Waals surface area contributed by atoms with Gasteiger partial charge in [-0.3, -0.25) is 0 Å². The van der Waals surface area contributed by atoms with Crippen LogP contribution < -0.4 is 0 Å². The third kappa shape index (κ3) is 2.41. The lowest BCUT2D eigenvalue weighted by Crippen LogP contribution is -2.26. The molecule has 0 amide bonds. The Labute approximate surface area is 97.4 Å². The van der Waals surface area contributed by atoms with Gasteiger partial charge in [0.05, 0.1) is 12.1 Å². The molecule has 0 saturated carbocycles. The highest BCUT2D eigenvalue weighted by atomic mass is 32.2. The molecule has 0 unspecified atom stereocenters. The van der Waals surface area contributed by atoms with Gasteiger partial charge in [-0.2, -0.15) is 4.31 Å². The van der Waals surface area contributed by atoms with Gasteiger partial charge >= 0.3 is 5.97 Å². The van der Waals surface area contributed by atoms with Crippen molar-refractivity contribution in [2.45, 2.75) is 4.21 Å². The van der Waals surface area contributed by atoms with Gasteiger partial charge < -0.3 is 5.11 Å². The normalized spacial score (nSPS) is 11.3. The largest absolute Gasteiger partial charge is 0.478 e. The summed E-state index contributed by atoms with van der Waals surface area (Å²) in [6, 6.07) is 1.12. The number of carbonyl (C=O) groups is 1. The van der Waals surface area contributed by atoms with E-state index in [1.54, 1.807) is 0 Å². The van der Waals surface area contributed by atoms with E-state index < -0.39 is 16.0 Å². The Bertz CT molecular complexity index is 538. The third-order valence-corrected chi connectivity index (χ3v) is 5.02. The Morgan fingerprint density at radius 2 is 2.31 bits per heavy atom. The Balaban J connectivity index is 3.09. The number of carboxylic acid groups (broad SMARTS) is 1. The summed E-state index contributed by atoms with van der Waals surface area (Å²) < 4.78 is 24.6. The molecule has 86 valence electrons. The summed E-state index contributed by atoms with van der Waals surface area (Å²) in [6.45, 7) is -0.0529. The standard InChI is InChI=1S/C9H9NO4S2/c1-3-4-10(2)16(13,14)8-5-7(6-15-8)9(11)12/h1,5-6H,4H2,2H3,(H,11,12). The highest BCUT2D eigenvalue weighted by Crippen LogP contribution is 2.22. The topological polar surface area (TPSA) is 74.7 Å². The Kier molecular flexibility index (Phi) is 3.70. The van der Waals surface area contributed by atoms with Crippen LogP contribution in [0.5, 0.6) is 0 Å². The van der Waals surface area contributed by atoms with Gasteiger partial charge in [0, 0.05) is 12.4 Å². The Morgan fingerprint density at radius 3 is 2.75 bits per heavy atom. The fourth-order valence-electron chi connectivity index (χ4n) is 0.931. The second-order valence-electron chi connectivity index (χ2n) is 2.92. The molecule has 0 aliphatic rings. The number of carboxylic acids is 1. The van der Waals surface area contributed by atoms with Gasteiger partial charge in [0.15, 0.2) is 0 Å². The van der Waals surface area contributed by atoms with Crippen molar-refractivity contribution in [2.75, 3.05) is 13.6 Å². The van der Waals surface area contributed by atoms with Crippen molar-refractivity contribution in [3.63, 3.8) is 0 Å². The highest BCUT2D eigenvalue weighted by molar-refractivity contribution is 7.91. The van der Waals surface area contributed by atoms with Crippen molar-refractivity contribution in [2.24, 2.45) is 0 Å². The van der Waals surface area contributed by atoms with Crippen LogP contribution in [0.25, 0.3) is 0 Å². The predicted molar refractivity (Wildman–Crippen MR) is 59.9 cm³/mol. The number of aromatic carboxylic acids is 1. The monoisotopic (exact) mass is 259 g/mol. The molecule has 0 aliphatic carbocycles. The van der Waals surface area contributed by atoms with E-state index in [9.17, 15) is 13.2 Å². The van der Waals surface area contributed by atoms with Crippen LogP contribution in [0.15, 0.2) is 15.7 Å². The molecule has 1 heterocycles. The fraction of sp³-hybridized carbons (Fsp3) is 0.222. The molecule has 0 fully saturated rings. The lowest BCUT2D eigenvalue weighted by molar-refractivity contribution is 0.0697. The molecule has 0 spiro atoms. The molecule has 16 heavy (non-hydrogen) atoms. The van der Waals surface area contributed by atoms with Gasteiger partial charge in [-0.25, -0.2) is 13.2 Å².